The standard InChI is InChI=1S/C8H15NS/c1-2-4-7-8(5-3-1)10-6-9-7/h7-9H,1-6H2. The van der Waals surface area contributed by atoms with Crippen LogP contribution in [0, 0.1) is 0 Å². The van der Waals surface area contributed by atoms with Crippen molar-refractivity contribution in [3.63, 3.8) is 0 Å². The lowest BCUT2D eigenvalue weighted by Gasteiger charge is -2.13. The van der Waals surface area contributed by atoms with Crippen molar-refractivity contribution in [1.29, 1.82) is 0 Å². The van der Waals surface area contributed by atoms with Crippen LogP contribution in [0.3, 0.4) is 0 Å². The molecule has 58 valence electrons. The van der Waals surface area contributed by atoms with Gasteiger partial charge in [-0.3, -0.25) is 0 Å². The maximum atomic E-state index is 3.56. The first kappa shape index (κ1) is 6.99. The number of rotatable bonds is 0. The van der Waals surface area contributed by atoms with Gasteiger partial charge in [-0.25, -0.2) is 0 Å². The lowest BCUT2D eigenvalue weighted by Crippen LogP contribution is -2.28. The maximum absolute atomic E-state index is 3.56. The molecule has 0 aromatic rings. The van der Waals surface area contributed by atoms with E-state index in [1.807, 2.05) is 0 Å². The Labute approximate surface area is 67.0 Å². The summed E-state index contributed by atoms with van der Waals surface area (Å²) in [5.41, 5.74) is 0. The highest BCUT2D eigenvalue weighted by Gasteiger charge is 2.27. The molecule has 1 N–H and O–H groups in total. The summed E-state index contributed by atoms with van der Waals surface area (Å²) in [5.74, 6) is 1.20. The summed E-state index contributed by atoms with van der Waals surface area (Å²) in [6, 6.07) is 0.868. The Balaban J connectivity index is 1.95. The average molecular weight is 157 g/mol. The fourth-order valence-electron chi connectivity index (χ4n) is 1.97. The molecule has 0 amide bonds. The van der Waals surface area contributed by atoms with Crippen molar-refractivity contribution in [3.05, 3.63) is 0 Å². The molecule has 1 saturated heterocycles. The first-order chi connectivity index (χ1) is 4.97. The monoisotopic (exact) mass is 157 g/mol. The molecule has 2 fully saturated rings. The van der Waals surface area contributed by atoms with Gasteiger partial charge in [-0.2, -0.15) is 0 Å². The quantitative estimate of drug-likeness (QED) is 0.577. The zero-order valence-electron chi connectivity index (χ0n) is 6.31. The normalized spacial score (nSPS) is 40.8. The van der Waals surface area contributed by atoms with Crippen molar-refractivity contribution in [2.45, 2.75) is 43.4 Å². The molecule has 2 rings (SSSR count). The fourth-order valence-corrected chi connectivity index (χ4v) is 3.29. The van der Waals surface area contributed by atoms with E-state index in [2.05, 4.69) is 17.1 Å². The van der Waals surface area contributed by atoms with Gasteiger partial charge in [0, 0.05) is 17.2 Å². The van der Waals surface area contributed by atoms with Crippen molar-refractivity contribution in [3.8, 4) is 0 Å². The van der Waals surface area contributed by atoms with E-state index in [1.54, 1.807) is 0 Å². The summed E-state index contributed by atoms with van der Waals surface area (Å²) in [4.78, 5) is 0. The molecular formula is C8H15NS. The lowest BCUT2D eigenvalue weighted by molar-refractivity contribution is 0.527. The highest BCUT2D eigenvalue weighted by molar-refractivity contribution is 8.00. The van der Waals surface area contributed by atoms with Crippen molar-refractivity contribution in [2.24, 2.45) is 0 Å². The van der Waals surface area contributed by atoms with Crippen molar-refractivity contribution < 1.29 is 0 Å². The smallest absolute Gasteiger partial charge is 0.0423 e. The van der Waals surface area contributed by atoms with Crippen LogP contribution in [0.15, 0.2) is 0 Å². The van der Waals surface area contributed by atoms with Crippen molar-refractivity contribution in [1.82, 2.24) is 5.32 Å². The van der Waals surface area contributed by atoms with Crippen LogP contribution in [0.2, 0.25) is 0 Å². The van der Waals surface area contributed by atoms with Crippen LogP contribution in [0.25, 0.3) is 0 Å². The molecule has 10 heavy (non-hydrogen) atoms. The molecule has 2 atom stereocenters. The molecular weight excluding hydrogens is 142 g/mol. The summed E-state index contributed by atoms with van der Waals surface area (Å²) in [7, 11) is 0. The minimum absolute atomic E-state index is 0.868. The molecule has 1 aliphatic heterocycles. The van der Waals surface area contributed by atoms with Gasteiger partial charge < -0.3 is 5.32 Å². The molecule has 1 nitrogen and oxygen atoms in total. The van der Waals surface area contributed by atoms with Gasteiger partial charge in [0.25, 0.3) is 0 Å². The van der Waals surface area contributed by atoms with E-state index in [0.717, 1.165) is 11.3 Å². The maximum Gasteiger partial charge on any atom is 0.0423 e. The summed E-state index contributed by atoms with van der Waals surface area (Å²) in [5, 5.41) is 4.52. The Morgan fingerprint density at radius 1 is 1.10 bits per heavy atom. The highest BCUT2D eigenvalue weighted by atomic mass is 32.2. The lowest BCUT2D eigenvalue weighted by atomic mass is 10.1. The second-order valence-electron chi connectivity index (χ2n) is 3.30. The van der Waals surface area contributed by atoms with Crippen LogP contribution in [-0.4, -0.2) is 17.2 Å². The van der Waals surface area contributed by atoms with E-state index < -0.39 is 0 Å². The van der Waals surface area contributed by atoms with Crippen LogP contribution < -0.4 is 5.32 Å². The van der Waals surface area contributed by atoms with Crippen LogP contribution in [0.1, 0.15) is 32.1 Å². The zero-order chi connectivity index (χ0) is 6.81. The summed E-state index contributed by atoms with van der Waals surface area (Å²) in [6.45, 7) is 0. The molecule has 1 saturated carbocycles. The average Bonchev–Trinajstić information content (AvgIpc) is 2.28. The van der Waals surface area contributed by atoms with Gasteiger partial charge in [0.1, 0.15) is 0 Å². The minimum atomic E-state index is 0.868. The molecule has 0 radical (unpaired) electrons. The SMILES string of the molecule is C1CCC2NCSC2CC1. The Bertz CT molecular complexity index is 104. The molecule has 0 aromatic heterocycles. The van der Waals surface area contributed by atoms with Gasteiger partial charge in [-0.1, -0.05) is 19.3 Å². The van der Waals surface area contributed by atoms with E-state index in [-0.39, 0.29) is 0 Å². The molecule has 0 aromatic carbocycles. The van der Waals surface area contributed by atoms with E-state index in [0.29, 0.717) is 0 Å². The van der Waals surface area contributed by atoms with Gasteiger partial charge in [0.05, 0.1) is 0 Å². The number of hydrogen-bond acceptors (Lipinski definition) is 2. The highest BCUT2D eigenvalue weighted by Crippen LogP contribution is 2.31. The van der Waals surface area contributed by atoms with Gasteiger partial charge in [0.15, 0.2) is 0 Å². The molecule has 1 aliphatic carbocycles. The number of fused-ring (bicyclic) bond motifs is 1. The van der Waals surface area contributed by atoms with Crippen LogP contribution in [0.4, 0.5) is 0 Å². The molecule has 2 heteroatoms. The molecule has 1 heterocycles. The summed E-state index contributed by atoms with van der Waals surface area (Å²) >= 11 is 2.13. The Kier molecular flexibility index (Phi) is 2.19. The third kappa shape index (κ3) is 1.32. The first-order valence-electron chi connectivity index (χ1n) is 4.32. The predicted octanol–water partition coefficient (Wildman–Crippen LogP) is 1.98. The van der Waals surface area contributed by atoms with E-state index in [1.165, 1.54) is 38.0 Å². The van der Waals surface area contributed by atoms with Crippen LogP contribution >= 0.6 is 11.8 Å². The molecule has 2 aliphatic rings. The van der Waals surface area contributed by atoms with Gasteiger partial charge in [-0.05, 0) is 12.8 Å². The third-order valence-corrected chi connectivity index (χ3v) is 3.92. The minimum Gasteiger partial charge on any atom is -0.304 e. The largest absolute Gasteiger partial charge is 0.304 e. The number of hydrogen-bond donors (Lipinski definition) is 1. The van der Waals surface area contributed by atoms with Crippen LogP contribution in [-0.2, 0) is 0 Å². The Hall–Kier alpha value is 0.310. The van der Waals surface area contributed by atoms with Crippen molar-refractivity contribution in [2.75, 3.05) is 5.88 Å². The molecule has 0 bridgehead atoms. The first-order valence-corrected chi connectivity index (χ1v) is 5.37. The summed E-state index contributed by atoms with van der Waals surface area (Å²) < 4.78 is 0. The summed E-state index contributed by atoms with van der Waals surface area (Å²) in [6.07, 6.45) is 7.28. The van der Waals surface area contributed by atoms with E-state index >= 15 is 0 Å². The zero-order valence-corrected chi connectivity index (χ0v) is 7.12. The second kappa shape index (κ2) is 3.14. The number of thioether (sulfide) groups is 1. The van der Waals surface area contributed by atoms with Gasteiger partial charge in [0.2, 0.25) is 0 Å². The molecule has 0 spiro atoms. The molecule has 2 unspecified atom stereocenters. The Morgan fingerprint density at radius 3 is 3.00 bits per heavy atom. The van der Waals surface area contributed by atoms with Crippen molar-refractivity contribution >= 4 is 11.8 Å². The number of nitrogens with one attached hydrogen (secondary N) is 1. The second-order valence-corrected chi connectivity index (χ2v) is 4.53. The topological polar surface area (TPSA) is 12.0 Å². The van der Waals surface area contributed by atoms with Gasteiger partial charge in [-0.15, -0.1) is 11.8 Å². The predicted molar refractivity (Wildman–Crippen MR) is 46.3 cm³/mol. The van der Waals surface area contributed by atoms with E-state index in [9.17, 15) is 0 Å². The van der Waals surface area contributed by atoms with E-state index in [4.69, 9.17) is 0 Å². The third-order valence-electron chi connectivity index (χ3n) is 2.60. The fraction of sp³-hybridized carbons (Fsp3) is 1.00. The Morgan fingerprint density at radius 2 is 2.00 bits per heavy atom. The van der Waals surface area contributed by atoms with Crippen LogP contribution in [0.5, 0.6) is 0 Å². The van der Waals surface area contributed by atoms with Gasteiger partial charge >= 0.3 is 0 Å².